The van der Waals surface area contributed by atoms with Gasteiger partial charge in [-0.05, 0) is 50.9 Å². The highest BCUT2D eigenvalue weighted by atomic mass is 16.5. The summed E-state index contributed by atoms with van der Waals surface area (Å²) < 4.78 is 5.59. The van der Waals surface area contributed by atoms with Crippen LogP contribution in [0.4, 0.5) is 11.4 Å². The van der Waals surface area contributed by atoms with Gasteiger partial charge in [-0.3, -0.25) is 9.69 Å². The minimum absolute atomic E-state index is 0.0810. The van der Waals surface area contributed by atoms with Gasteiger partial charge in [0, 0.05) is 24.3 Å². The Morgan fingerprint density at radius 2 is 2.24 bits per heavy atom. The summed E-state index contributed by atoms with van der Waals surface area (Å²) in [6, 6.07) is 7.16. The highest BCUT2D eigenvalue weighted by molar-refractivity contribution is 5.98. The summed E-state index contributed by atoms with van der Waals surface area (Å²) in [5.41, 5.74) is 1.83. The Hall–Kier alpha value is -1.75. The molecule has 1 aromatic rings. The normalized spacial score (nSPS) is 31.3. The molecule has 3 heterocycles. The number of amides is 1. The van der Waals surface area contributed by atoms with E-state index in [1.807, 2.05) is 18.2 Å². The van der Waals surface area contributed by atoms with Crippen LogP contribution in [0.1, 0.15) is 26.2 Å². The molecule has 3 aliphatic rings. The molecule has 0 saturated carbocycles. The van der Waals surface area contributed by atoms with Gasteiger partial charge in [0.05, 0.1) is 5.69 Å². The van der Waals surface area contributed by atoms with Gasteiger partial charge in [-0.15, -0.1) is 0 Å². The number of benzene rings is 1. The number of hydrogen-bond acceptors (Lipinski definition) is 4. The quantitative estimate of drug-likeness (QED) is 0.874. The van der Waals surface area contributed by atoms with Gasteiger partial charge in [-0.2, -0.15) is 0 Å². The largest absolute Gasteiger partial charge is 0.479 e. The van der Waals surface area contributed by atoms with Crippen LogP contribution in [0.5, 0.6) is 5.75 Å². The van der Waals surface area contributed by atoms with Gasteiger partial charge in [0.2, 0.25) is 0 Å². The molecule has 5 heteroatoms. The number of rotatable bonds is 2. The molecule has 2 fully saturated rings. The molecule has 0 aromatic heterocycles. The maximum atomic E-state index is 11.7. The van der Waals surface area contributed by atoms with Gasteiger partial charge in [0.25, 0.3) is 5.91 Å². The van der Waals surface area contributed by atoms with Crippen molar-refractivity contribution in [1.29, 1.82) is 0 Å². The third kappa shape index (κ3) is 2.25. The van der Waals surface area contributed by atoms with Crippen molar-refractivity contribution in [2.75, 3.05) is 23.7 Å². The predicted octanol–water partition coefficient (Wildman–Crippen LogP) is 2.05. The highest BCUT2D eigenvalue weighted by Crippen LogP contribution is 2.34. The van der Waals surface area contributed by atoms with E-state index in [9.17, 15) is 4.79 Å². The summed E-state index contributed by atoms with van der Waals surface area (Å²) in [6.45, 7) is 4.21. The molecule has 0 spiro atoms. The van der Waals surface area contributed by atoms with Crippen LogP contribution >= 0.6 is 0 Å². The average molecular weight is 287 g/mol. The Kier molecular flexibility index (Phi) is 3.03. The number of hydrogen-bond donors (Lipinski definition) is 2. The highest BCUT2D eigenvalue weighted by Gasteiger charge is 2.37. The van der Waals surface area contributed by atoms with Crippen molar-refractivity contribution in [3.8, 4) is 5.75 Å². The lowest BCUT2D eigenvalue weighted by Crippen LogP contribution is -2.35. The molecule has 2 N–H and O–H groups in total. The molecule has 5 nitrogen and oxygen atoms in total. The van der Waals surface area contributed by atoms with Crippen molar-refractivity contribution in [2.24, 2.45) is 0 Å². The Balaban J connectivity index is 1.51. The van der Waals surface area contributed by atoms with Gasteiger partial charge in [-0.1, -0.05) is 0 Å². The van der Waals surface area contributed by atoms with Gasteiger partial charge in [0.1, 0.15) is 5.75 Å². The van der Waals surface area contributed by atoms with Gasteiger partial charge in [0.15, 0.2) is 6.10 Å². The van der Waals surface area contributed by atoms with E-state index in [1.165, 1.54) is 32.4 Å². The van der Waals surface area contributed by atoms with Crippen LogP contribution < -0.4 is 15.4 Å². The molecule has 3 atom stereocenters. The van der Waals surface area contributed by atoms with E-state index in [1.54, 1.807) is 6.92 Å². The first-order valence-electron chi connectivity index (χ1n) is 7.83. The molecular formula is C16H21N3O2. The van der Waals surface area contributed by atoms with E-state index in [-0.39, 0.29) is 5.91 Å². The number of fused-ring (bicyclic) bond motifs is 2. The molecule has 0 radical (unpaired) electrons. The van der Waals surface area contributed by atoms with E-state index in [2.05, 4.69) is 15.5 Å². The molecular weight excluding hydrogens is 266 g/mol. The van der Waals surface area contributed by atoms with E-state index in [4.69, 9.17) is 4.74 Å². The fraction of sp³-hybridized carbons (Fsp3) is 0.562. The molecule has 112 valence electrons. The van der Waals surface area contributed by atoms with Gasteiger partial charge in [-0.25, -0.2) is 0 Å². The smallest absolute Gasteiger partial charge is 0.265 e. The summed E-state index contributed by atoms with van der Waals surface area (Å²) in [4.78, 5) is 14.3. The topological polar surface area (TPSA) is 53.6 Å². The summed E-state index contributed by atoms with van der Waals surface area (Å²) in [6.07, 6.45) is 3.38. The maximum absolute atomic E-state index is 11.7. The first kappa shape index (κ1) is 13.0. The Bertz CT molecular complexity index is 575. The fourth-order valence-electron chi connectivity index (χ4n) is 3.76. The van der Waals surface area contributed by atoms with E-state index >= 15 is 0 Å². The lowest BCUT2D eigenvalue weighted by atomic mass is 10.1. The maximum Gasteiger partial charge on any atom is 0.265 e. The standard InChI is InChI=1S/C16H21N3O2/c1-10-16(20)18-13-9-11(4-5-15(13)21-10)17-12-6-8-19-7-2-3-14(12)19/h4-5,9-10,12,14,17H,2-3,6-8H2,1H3,(H,18,20). The van der Waals surface area contributed by atoms with Crippen LogP contribution in [0.15, 0.2) is 18.2 Å². The third-order valence-electron chi connectivity index (χ3n) is 4.87. The zero-order valence-corrected chi connectivity index (χ0v) is 12.3. The molecule has 1 aromatic carbocycles. The van der Waals surface area contributed by atoms with Crippen molar-refractivity contribution in [3.05, 3.63) is 18.2 Å². The Labute approximate surface area is 124 Å². The Morgan fingerprint density at radius 1 is 1.33 bits per heavy atom. The predicted molar refractivity (Wildman–Crippen MR) is 81.8 cm³/mol. The molecule has 3 unspecified atom stereocenters. The van der Waals surface area contributed by atoms with Crippen LogP contribution in [-0.2, 0) is 4.79 Å². The van der Waals surface area contributed by atoms with Crippen LogP contribution in [0.25, 0.3) is 0 Å². The van der Waals surface area contributed by atoms with Crippen LogP contribution in [0.3, 0.4) is 0 Å². The minimum Gasteiger partial charge on any atom is -0.479 e. The van der Waals surface area contributed by atoms with Crippen LogP contribution in [0, 0.1) is 0 Å². The first-order chi connectivity index (χ1) is 10.2. The van der Waals surface area contributed by atoms with Crippen molar-refractivity contribution in [3.63, 3.8) is 0 Å². The van der Waals surface area contributed by atoms with Crippen LogP contribution in [-0.4, -0.2) is 42.1 Å². The summed E-state index contributed by atoms with van der Waals surface area (Å²) >= 11 is 0. The number of anilines is 2. The van der Waals surface area contributed by atoms with Crippen molar-refractivity contribution < 1.29 is 9.53 Å². The number of nitrogens with zero attached hydrogens (tertiary/aromatic N) is 1. The van der Waals surface area contributed by atoms with Crippen LogP contribution in [0.2, 0.25) is 0 Å². The van der Waals surface area contributed by atoms with E-state index < -0.39 is 6.10 Å². The zero-order chi connectivity index (χ0) is 14.4. The fourth-order valence-corrected chi connectivity index (χ4v) is 3.76. The summed E-state index contributed by atoms with van der Waals surface area (Å²) in [5.74, 6) is 0.670. The van der Waals surface area contributed by atoms with Gasteiger partial charge < -0.3 is 15.4 Å². The number of ether oxygens (including phenoxy) is 1. The second-order valence-electron chi connectivity index (χ2n) is 6.25. The Morgan fingerprint density at radius 3 is 3.14 bits per heavy atom. The second kappa shape index (κ2) is 4.91. The lowest BCUT2D eigenvalue weighted by Gasteiger charge is -2.26. The number of carbonyl (C=O) groups excluding carboxylic acids is 1. The molecule has 3 aliphatic heterocycles. The monoisotopic (exact) mass is 287 g/mol. The number of nitrogens with one attached hydrogen (secondary N) is 2. The minimum atomic E-state index is -0.418. The van der Waals surface area contributed by atoms with Gasteiger partial charge >= 0.3 is 0 Å². The molecule has 0 aliphatic carbocycles. The first-order valence-corrected chi connectivity index (χ1v) is 7.83. The SMILES string of the molecule is CC1Oc2ccc(NC3CCN4CCCC34)cc2NC1=O. The molecule has 2 saturated heterocycles. The van der Waals surface area contributed by atoms with Crippen molar-refractivity contribution >= 4 is 17.3 Å². The average Bonchev–Trinajstić information content (AvgIpc) is 3.05. The molecule has 21 heavy (non-hydrogen) atoms. The molecule has 4 rings (SSSR count). The number of carbonyl (C=O) groups is 1. The second-order valence-corrected chi connectivity index (χ2v) is 6.25. The zero-order valence-electron chi connectivity index (χ0n) is 12.3. The molecule has 1 amide bonds. The summed E-state index contributed by atoms with van der Waals surface area (Å²) in [7, 11) is 0. The van der Waals surface area contributed by atoms with E-state index in [0.29, 0.717) is 12.1 Å². The lowest BCUT2D eigenvalue weighted by molar-refractivity contribution is -0.122. The third-order valence-corrected chi connectivity index (χ3v) is 4.87. The van der Waals surface area contributed by atoms with E-state index in [0.717, 1.165) is 17.1 Å². The summed E-state index contributed by atoms with van der Waals surface area (Å²) in [5, 5.41) is 6.55. The van der Waals surface area contributed by atoms with Crippen molar-refractivity contribution in [2.45, 2.75) is 44.4 Å². The molecule has 0 bridgehead atoms. The van der Waals surface area contributed by atoms with Crippen molar-refractivity contribution in [1.82, 2.24) is 4.90 Å².